The van der Waals surface area contributed by atoms with E-state index in [0.29, 0.717) is 17.2 Å². The van der Waals surface area contributed by atoms with Crippen LogP contribution >= 0.6 is 11.8 Å². The minimum Gasteiger partial charge on any atom is -0.379 e. The van der Waals surface area contributed by atoms with E-state index >= 15 is 0 Å². The first kappa shape index (κ1) is 12.9. The SMILES string of the molecule is N#Cc1ccc(NC(=O)CCSC2COC2)cc1. The first-order valence-corrected chi connectivity index (χ1v) is 6.82. The molecule has 1 amide bonds. The number of anilines is 1. The highest BCUT2D eigenvalue weighted by molar-refractivity contribution is 8.00. The molecule has 18 heavy (non-hydrogen) atoms. The fourth-order valence-corrected chi connectivity index (χ4v) is 2.50. The predicted molar refractivity (Wildman–Crippen MR) is 71.5 cm³/mol. The Morgan fingerprint density at radius 2 is 2.17 bits per heavy atom. The Labute approximate surface area is 110 Å². The first-order chi connectivity index (χ1) is 8.78. The van der Waals surface area contributed by atoms with Crippen molar-refractivity contribution in [3.63, 3.8) is 0 Å². The Balaban J connectivity index is 1.70. The zero-order valence-electron chi connectivity index (χ0n) is 9.89. The highest BCUT2D eigenvalue weighted by Crippen LogP contribution is 2.19. The summed E-state index contributed by atoms with van der Waals surface area (Å²) in [4.78, 5) is 11.6. The summed E-state index contributed by atoms with van der Waals surface area (Å²) in [5, 5.41) is 12.0. The van der Waals surface area contributed by atoms with E-state index in [0.717, 1.165) is 24.7 Å². The monoisotopic (exact) mass is 262 g/mol. The van der Waals surface area contributed by atoms with Crippen molar-refractivity contribution in [2.75, 3.05) is 24.3 Å². The van der Waals surface area contributed by atoms with Crippen molar-refractivity contribution < 1.29 is 9.53 Å². The van der Waals surface area contributed by atoms with Crippen molar-refractivity contribution in [3.8, 4) is 6.07 Å². The number of ether oxygens (including phenoxy) is 1. The molecular formula is C13H14N2O2S. The van der Waals surface area contributed by atoms with Crippen molar-refractivity contribution in [2.45, 2.75) is 11.7 Å². The average Bonchev–Trinajstić information content (AvgIpc) is 2.33. The summed E-state index contributed by atoms with van der Waals surface area (Å²) in [5.41, 5.74) is 1.32. The fourth-order valence-electron chi connectivity index (χ4n) is 1.48. The number of carbonyl (C=O) groups excluding carboxylic acids is 1. The quantitative estimate of drug-likeness (QED) is 0.881. The minimum atomic E-state index is 0.00690. The van der Waals surface area contributed by atoms with E-state index in [-0.39, 0.29) is 5.91 Å². The molecule has 0 bridgehead atoms. The van der Waals surface area contributed by atoms with Gasteiger partial charge in [0.05, 0.1) is 30.1 Å². The molecule has 0 aliphatic carbocycles. The van der Waals surface area contributed by atoms with Crippen LogP contribution in [0.3, 0.4) is 0 Å². The first-order valence-electron chi connectivity index (χ1n) is 5.77. The number of nitrogens with zero attached hydrogens (tertiary/aromatic N) is 1. The number of nitrogens with one attached hydrogen (secondary N) is 1. The molecule has 1 saturated heterocycles. The third kappa shape index (κ3) is 3.76. The summed E-state index contributed by atoms with van der Waals surface area (Å²) in [5.74, 6) is 0.823. The maximum Gasteiger partial charge on any atom is 0.225 e. The van der Waals surface area contributed by atoms with E-state index in [1.807, 2.05) is 6.07 Å². The summed E-state index contributed by atoms with van der Waals surface area (Å²) < 4.78 is 5.06. The van der Waals surface area contributed by atoms with Gasteiger partial charge in [-0.3, -0.25) is 4.79 Å². The van der Waals surface area contributed by atoms with E-state index in [1.165, 1.54) is 0 Å². The molecule has 94 valence electrons. The van der Waals surface area contributed by atoms with Gasteiger partial charge >= 0.3 is 0 Å². The van der Waals surface area contributed by atoms with Crippen LogP contribution in [0.2, 0.25) is 0 Å². The van der Waals surface area contributed by atoms with E-state index < -0.39 is 0 Å². The van der Waals surface area contributed by atoms with Gasteiger partial charge in [0.1, 0.15) is 0 Å². The molecule has 2 rings (SSSR count). The molecule has 0 atom stereocenters. The number of benzene rings is 1. The van der Waals surface area contributed by atoms with Crippen molar-refractivity contribution in [3.05, 3.63) is 29.8 Å². The van der Waals surface area contributed by atoms with Crippen LogP contribution in [0.5, 0.6) is 0 Å². The van der Waals surface area contributed by atoms with Crippen molar-refractivity contribution in [2.24, 2.45) is 0 Å². The van der Waals surface area contributed by atoms with Crippen LogP contribution in [0.25, 0.3) is 0 Å². The highest BCUT2D eigenvalue weighted by Gasteiger charge is 2.18. The number of hydrogen-bond donors (Lipinski definition) is 1. The van der Waals surface area contributed by atoms with Gasteiger partial charge in [0.25, 0.3) is 0 Å². The Morgan fingerprint density at radius 3 is 2.72 bits per heavy atom. The molecule has 0 radical (unpaired) electrons. The number of thioether (sulfide) groups is 1. The van der Waals surface area contributed by atoms with Crippen LogP contribution in [0.1, 0.15) is 12.0 Å². The second-order valence-corrected chi connectivity index (χ2v) is 5.43. The Morgan fingerprint density at radius 1 is 1.44 bits per heavy atom. The van der Waals surface area contributed by atoms with Gasteiger partial charge in [-0.2, -0.15) is 17.0 Å². The van der Waals surface area contributed by atoms with Crippen LogP contribution in [-0.2, 0) is 9.53 Å². The molecule has 1 aromatic rings. The molecule has 5 heteroatoms. The number of rotatable bonds is 5. The minimum absolute atomic E-state index is 0.00690. The van der Waals surface area contributed by atoms with Crippen molar-refractivity contribution >= 4 is 23.4 Å². The smallest absolute Gasteiger partial charge is 0.225 e. The number of carbonyl (C=O) groups is 1. The standard InChI is InChI=1S/C13H14N2O2S/c14-7-10-1-3-11(4-2-10)15-13(16)5-6-18-12-8-17-9-12/h1-4,12H,5-6,8-9H2,(H,15,16). The zero-order chi connectivity index (χ0) is 12.8. The van der Waals surface area contributed by atoms with Crippen LogP contribution < -0.4 is 5.32 Å². The number of hydrogen-bond acceptors (Lipinski definition) is 4. The molecule has 0 saturated carbocycles. The normalized spacial score (nSPS) is 14.6. The number of amides is 1. The second-order valence-electron chi connectivity index (χ2n) is 4.02. The molecule has 1 fully saturated rings. The lowest BCUT2D eigenvalue weighted by Crippen LogP contribution is -2.30. The van der Waals surface area contributed by atoms with Crippen LogP contribution in [0.4, 0.5) is 5.69 Å². The Bertz CT molecular complexity index is 449. The second kappa shape index (κ2) is 6.43. The van der Waals surface area contributed by atoms with Crippen LogP contribution in [0.15, 0.2) is 24.3 Å². The van der Waals surface area contributed by atoms with Gasteiger partial charge in [-0.1, -0.05) is 0 Å². The molecule has 1 N–H and O–H groups in total. The molecule has 1 aliphatic rings. The van der Waals surface area contributed by atoms with Crippen molar-refractivity contribution in [1.82, 2.24) is 0 Å². The van der Waals surface area contributed by atoms with Gasteiger partial charge in [0.15, 0.2) is 0 Å². The van der Waals surface area contributed by atoms with Crippen LogP contribution in [0, 0.1) is 11.3 Å². The third-order valence-electron chi connectivity index (χ3n) is 2.59. The van der Waals surface area contributed by atoms with E-state index in [9.17, 15) is 4.79 Å². The van der Waals surface area contributed by atoms with E-state index in [4.69, 9.17) is 10.00 Å². The molecule has 0 unspecified atom stereocenters. The summed E-state index contributed by atoms with van der Waals surface area (Å²) in [6.45, 7) is 1.61. The average molecular weight is 262 g/mol. The van der Waals surface area contributed by atoms with Gasteiger partial charge in [-0.15, -0.1) is 0 Å². The summed E-state index contributed by atoms with van der Waals surface area (Å²) in [6, 6.07) is 8.90. The van der Waals surface area contributed by atoms with Gasteiger partial charge < -0.3 is 10.1 Å². The maximum absolute atomic E-state index is 11.6. The predicted octanol–water partition coefficient (Wildman–Crippen LogP) is 2.02. The van der Waals surface area contributed by atoms with E-state index in [2.05, 4.69) is 5.32 Å². The Kier molecular flexibility index (Phi) is 4.62. The summed E-state index contributed by atoms with van der Waals surface area (Å²) >= 11 is 1.78. The Hall–Kier alpha value is -1.51. The topological polar surface area (TPSA) is 62.1 Å². The molecular weight excluding hydrogens is 248 g/mol. The third-order valence-corrected chi connectivity index (χ3v) is 3.77. The highest BCUT2D eigenvalue weighted by atomic mass is 32.2. The summed E-state index contributed by atoms with van der Waals surface area (Å²) in [7, 11) is 0. The maximum atomic E-state index is 11.6. The molecule has 1 heterocycles. The molecule has 1 aliphatic heterocycles. The van der Waals surface area contributed by atoms with Crippen LogP contribution in [-0.4, -0.2) is 30.1 Å². The van der Waals surface area contributed by atoms with Gasteiger partial charge in [0.2, 0.25) is 5.91 Å². The largest absolute Gasteiger partial charge is 0.379 e. The van der Waals surface area contributed by atoms with E-state index in [1.54, 1.807) is 36.0 Å². The molecule has 1 aromatic carbocycles. The van der Waals surface area contributed by atoms with Gasteiger partial charge in [-0.25, -0.2) is 0 Å². The lowest BCUT2D eigenvalue weighted by molar-refractivity contribution is -0.115. The van der Waals surface area contributed by atoms with Crippen molar-refractivity contribution in [1.29, 1.82) is 5.26 Å². The van der Waals surface area contributed by atoms with Gasteiger partial charge in [0, 0.05) is 17.9 Å². The van der Waals surface area contributed by atoms with Gasteiger partial charge in [-0.05, 0) is 24.3 Å². The molecule has 4 nitrogen and oxygen atoms in total. The number of nitriles is 1. The molecule has 0 spiro atoms. The lowest BCUT2D eigenvalue weighted by Gasteiger charge is -2.24. The zero-order valence-corrected chi connectivity index (χ0v) is 10.7. The molecule has 0 aromatic heterocycles. The summed E-state index contributed by atoms with van der Waals surface area (Å²) in [6.07, 6.45) is 0.501. The fraction of sp³-hybridized carbons (Fsp3) is 0.385. The lowest BCUT2D eigenvalue weighted by atomic mass is 10.2.